The summed E-state index contributed by atoms with van der Waals surface area (Å²) in [5.74, 6) is 0.0225. The van der Waals surface area contributed by atoms with Gasteiger partial charge in [0, 0.05) is 17.0 Å². The van der Waals surface area contributed by atoms with E-state index in [4.69, 9.17) is 0 Å². The van der Waals surface area contributed by atoms with Crippen LogP contribution < -0.4 is 0 Å². The van der Waals surface area contributed by atoms with E-state index in [-0.39, 0.29) is 11.4 Å². The lowest BCUT2D eigenvalue weighted by atomic mass is 10.1. The van der Waals surface area contributed by atoms with Gasteiger partial charge >= 0.3 is 0 Å². The normalized spacial score (nSPS) is 11.5. The molecule has 0 saturated carbocycles. The van der Waals surface area contributed by atoms with E-state index in [2.05, 4.69) is 4.37 Å². The van der Waals surface area contributed by atoms with Crippen LogP contribution in [-0.2, 0) is 0 Å². The lowest BCUT2D eigenvalue weighted by Gasteiger charge is -2.34. The first-order valence-electron chi connectivity index (χ1n) is 5.11. The molecular formula is C11H18N2OS. The number of rotatable bonds is 2. The zero-order valence-corrected chi connectivity index (χ0v) is 10.8. The standard InChI is InChI=1S/C11H18N2OS/c1-6-13(11(3,4)5)10(14)9-7-8(2)15-12-9/h7H,6H2,1-5H3. The number of hydrogen-bond acceptors (Lipinski definition) is 3. The Bertz CT molecular complexity index is 352. The van der Waals surface area contributed by atoms with Gasteiger partial charge < -0.3 is 4.90 Å². The van der Waals surface area contributed by atoms with E-state index in [9.17, 15) is 4.79 Å². The molecule has 1 aromatic heterocycles. The quantitative estimate of drug-likeness (QED) is 0.777. The average molecular weight is 226 g/mol. The van der Waals surface area contributed by atoms with Gasteiger partial charge in [-0.3, -0.25) is 4.79 Å². The van der Waals surface area contributed by atoms with E-state index in [0.717, 1.165) is 4.88 Å². The molecule has 0 atom stereocenters. The van der Waals surface area contributed by atoms with Gasteiger partial charge in [-0.2, -0.15) is 4.37 Å². The van der Waals surface area contributed by atoms with Crippen LogP contribution in [0.1, 0.15) is 43.1 Å². The number of hydrogen-bond donors (Lipinski definition) is 0. The zero-order chi connectivity index (χ0) is 11.6. The summed E-state index contributed by atoms with van der Waals surface area (Å²) < 4.78 is 4.15. The fourth-order valence-corrected chi connectivity index (χ4v) is 2.07. The summed E-state index contributed by atoms with van der Waals surface area (Å²) in [5, 5.41) is 0. The maximum atomic E-state index is 12.1. The number of carbonyl (C=O) groups is 1. The zero-order valence-electron chi connectivity index (χ0n) is 10.00. The highest BCUT2D eigenvalue weighted by Gasteiger charge is 2.26. The first-order chi connectivity index (χ1) is 6.86. The molecule has 1 amide bonds. The van der Waals surface area contributed by atoms with Crippen molar-refractivity contribution < 1.29 is 4.79 Å². The minimum Gasteiger partial charge on any atom is -0.333 e. The summed E-state index contributed by atoms with van der Waals surface area (Å²) in [7, 11) is 0. The van der Waals surface area contributed by atoms with Crippen LogP contribution in [0.4, 0.5) is 0 Å². The summed E-state index contributed by atoms with van der Waals surface area (Å²) >= 11 is 1.37. The molecule has 84 valence electrons. The van der Waals surface area contributed by atoms with Crippen LogP contribution in [0.25, 0.3) is 0 Å². The van der Waals surface area contributed by atoms with Gasteiger partial charge in [-0.1, -0.05) is 0 Å². The van der Waals surface area contributed by atoms with Crippen LogP contribution in [-0.4, -0.2) is 27.3 Å². The van der Waals surface area contributed by atoms with Crippen LogP contribution >= 0.6 is 11.5 Å². The molecule has 3 nitrogen and oxygen atoms in total. The van der Waals surface area contributed by atoms with Gasteiger partial charge in [0.25, 0.3) is 5.91 Å². The van der Waals surface area contributed by atoms with Crippen molar-refractivity contribution in [3.8, 4) is 0 Å². The van der Waals surface area contributed by atoms with Crippen LogP contribution in [0, 0.1) is 6.92 Å². The Balaban J connectivity index is 2.92. The maximum absolute atomic E-state index is 12.1. The summed E-state index contributed by atoms with van der Waals surface area (Å²) in [5.41, 5.74) is 0.415. The SMILES string of the molecule is CCN(C(=O)c1cc(C)sn1)C(C)(C)C. The number of carbonyl (C=O) groups excluding carboxylic acids is 1. The van der Waals surface area contributed by atoms with E-state index in [0.29, 0.717) is 12.2 Å². The van der Waals surface area contributed by atoms with Crippen molar-refractivity contribution in [3.05, 3.63) is 16.6 Å². The number of aromatic nitrogens is 1. The Labute approximate surface area is 95.3 Å². The Kier molecular flexibility index (Phi) is 3.50. The first kappa shape index (κ1) is 12.2. The third kappa shape index (κ3) is 2.78. The molecule has 1 aromatic rings. The molecule has 0 radical (unpaired) electrons. The van der Waals surface area contributed by atoms with Crippen LogP contribution in [0.15, 0.2) is 6.07 Å². The molecule has 0 bridgehead atoms. The minimum atomic E-state index is -0.149. The van der Waals surface area contributed by atoms with Crippen LogP contribution in [0.5, 0.6) is 0 Å². The number of amides is 1. The predicted molar refractivity (Wildman–Crippen MR) is 63.3 cm³/mol. The van der Waals surface area contributed by atoms with Crippen molar-refractivity contribution in [1.82, 2.24) is 9.27 Å². The van der Waals surface area contributed by atoms with Gasteiger partial charge in [0.15, 0.2) is 0 Å². The molecule has 0 saturated heterocycles. The van der Waals surface area contributed by atoms with Crippen molar-refractivity contribution in [3.63, 3.8) is 0 Å². The molecule has 0 N–H and O–H groups in total. The molecule has 1 rings (SSSR count). The van der Waals surface area contributed by atoms with Gasteiger partial charge in [-0.15, -0.1) is 0 Å². The van der Waals surface area contributed by atoms with E-state index >= 15 is 0 Å². The Morgan fingerprint density at radius 3 is 2.47 bits per heavy atom. The highest BCUT2D eigenvalue weighted by Crippen LogP contribution is 2.18. The van der Waals surface area contributed by atoms with E-state index in [1.54, 1.807) is 0 Å². The third-order valence-corrected chi connectivity index (χ3v) is 2.91. The average Bonchev–Trinajstić information content (AvgIpc) is 2.50. The first-order valence-corrected chi connectivity index (χ1v) is 5.89. The fraction of sp³-hybridized carbons (Fsp3) is 0.636. The van der Waals surface area contributed by atoms with Crippen molar-refractivity contribution in [2.45, 2.75) is 40.2 Å². The van der Waals surface area contributed by atoms with E-state index < -0.39 is 0 Å². The molecule has 0 aromatic carbocycles. The Hall–Kier alpha value is -0.900. The number of nitrogens with zero attached hydrogens (tertiary/aromatic N) is 2. The molecule has 0 aliphatic heterocycles. The van der Waals surface area contributed by atoms with Gasteiger partial charge in [-0.05, 0) is 52.2 Å². The molecule has 15 heavy (non-hydrogen) atoms. The molecule has 0 aliphatic rings. The van der Waals surface area contributed by atoms with Crippen molar-refractivity contribution in [1.29, 1.82) is 0 Å². The Morgan fingerprint density at radius 2 is 2.13 bits per heavy atom. The van der Waals surface area contributed by atoms with Crippen molar-refractivity contribution >= 4 is 17.4 Å². The summed E-state index contributed by atoms with van der Waals surface area (Å²) in [6.45, 7) is 10.8. The molecule has 0 fully saturated rings. The second-order valence-electron chi connectivity index (χ2n) is 4.54. The molecule has 4 heteroatoms. The highest BCUT2D eigenvalue weighted by molar-refractivity contribution is 7.05. The van der Waals surface area contributed by atoms with Gasteiger partial charge in [0.1, 0.15) is 5.69 Å². The molecule has 0 spiro atoms. The smallest absolute Gasteiger partial charge is 0.273 e. The maximum Gasteiger partial charge on any atom is 0.273 e. The molecule has 0 aliphatic carbocycles. The highest BCUT2D eigenvalue weighted by atomic mass is 32.1. The van der Waals surface area contributed by atoms with Gasteiger partial charge in [0.05, 0.1) is 0 Å². The lowest BCUT2D eigenvalue weighted by molar-refractivity contribution is 0.0594. The lowest BCUT2D eigenvalue weighted by Crippen LogP contribution is -2.45. The summed E-state index contributed by atoms with van der Waals surface area (Å²) in [4.78, 5) is 15.0. The fourth-order valence-electron chi connectivity index (χ4n) is 1.53. The second kappa shape index (κ2) is 4.31. The monoisotopic (exact) mass is 226 g/mol. The molecule has 1 heterocycles. The number of aryl methyl sites for hydroxylation is 1. The molecular weight excluding hydrogens is 208 g/mol. The van der Waals surface area contributed by atoms with E-state index in [1.165, 1.54) is 11.5 Å². The second-order valence-corrected chi connectivity index (χ2v) is 5.55. The Morgan fingerprint density at radius 1 is 1.53 bits per heavy atom. The van der Waals surface area contributed by atoms with Crippen molar-refractivity contribution in [2.24, 2.45) is 0 Å². The topological polar surface area (TPSA) is 33.2 Å². The van der Waals surface area contributed by atoms with Crippen molar-refractivity contribution in [2.75, 3.05) is 6.54 Å². The predicted octanol–water partition coefficient (Wildman–Crippen LogP) is 2.71. The molecule has 0 unspecified atom stereocenters. The summed E-state index contributed by atoms with van der Waals surface area (Å²) in [6.07, 6.45) is 0. The van der Waals surface area contributed by atoms with Gasteiger partial charge in [0.2, 0.25) is 0 Å². The third-order valence-electron chi connectivity index (χ3n) is 2.22. The van der Waals surface area contributed by atoms with Crippen LogP contribution in [0.3, 0.4) is 0 Å². The minimum absolute atomic E-state index is 0.0225. The largest absolute Gasteiger partial charge is 0.333 e. The van der Waals surface area contributed by atoms with E-state index in [1.807, 2.05) is 45.6 Å². The summed E-state index contributed by atoms with van der Waals surface area (Å²) in [6, 6.07) is 1.85. The van der Waals surface area contributed by atoms with Gasteiger partial charge in [-0.25, -0.2) is 0 Å². The van der Waals surface area contributed by atoms with Crippen LogP contribution in [0.2, 0.25) is 0 Å².